The first-order chi connectivity index (χ1) is 9.84. The van der Waals surface area contributed by atoms with Gasteiger partial charge >= 0.3 is 0 Å². The molecule has 0 bridgehead atoms. The van der Waals surface area contributed by atoms with Gasteiger partial charge in [0.15, 0.2) is 0 Å². The number of nitrogens with two attached hydrogens (primary N) is 1. The summed E-state index contributed by atoms with van der Waals surface area (Å²) in [6, 6.07) is 11.6. The second-order valence-electron chi connectivity index (χ2n) is 6.23. The molecule has 1 saturated carbocycles. The Balaban J connectivity index is 0.00000121. The van der Waals surface area contributed by atoms with E-state index < -0.39 is 0 Å². The van der Waals surface area contributed by atoms with E-state index in [1.807, 2.05) is 0 Å². The van der Waals surface area contributed by atoms with E-state index >= 15 is 0 Å². The van der Waals surface area contributed by atoms with Crippen molar-refractivity contribution in [3.63, 3.8) is 0 Å². The predicted octanol–water partition coefficient (Wildman–Crippen LogP) is 3.00. The molecule has 1 aromatic rings. The number of benzene rings is 1. The molecule has 2 aliphatic rings. The van der Waals surface area contributed by atoms with Crippen LogP contribution in [0.2, 0.25) is 0 Å². The van der Waals surface area contributed by atoms with Crippen molar-refractivity contribution in [2.45, 2.75) is 37.1 Å². The highest BCUT2D eigenvalue weighted by Gasteiger charge is 2.37. The number of hydrogen-bond acceptors (Lipinski definition) is 3. The standard InChI is InChI=1S/C17H26N2O.2ClH/c18-14-17(15-4-2-1-3-5-15)8-6-16(7-9-17)19-10-12-20-13-11-19;;/h1-5,16H,6-14,18H2;2*1H/t16-,17-;;. The van der Waals surface area contributed by atoms with E-state index in [1.165, 1.54) is 31.2 Å². The number of hydrogen-bond donors (Lipinski definition) is 1. The molecule has 1 saturated heterocycles. The van der Waals surface area contributed by atoms with Crippen LogP contribution in [0.4, 0.5) is 0 Å². The van der Waals surface area contributed by atoms with Gasteiger partial charge in [-0.2, -0.15) is 0 Å². The predicted molar refractivity (Wildman–Crippen MR) is 96.3 cm³/mol. The fourth-order valence-electron chi connectivity index (χ4n) is 3.87. The summed E-state index contributed by atoms with van der Waals surface area (Å²) in [5.41, 5.74) is 7.81. The maximum atomic E-state index is 6.16. The van der Waals surface area contributed by atoms with Gasteiger partial charge in [0.1, 0.15) is 0 Å². The smallest absolute Gasteiger partial charge is 0.0594 e. The summed E-state index contributed by atoms with van der Waals surface area (Å²) in [7, 11) is 0. The van der Waals surface area contributed by atoms with Crippen molar-refractivity contribution in [3.05, 3.63) is 35.9 Å². The van der Waals surface area contributed by atoms with E-state index in [9.17, 15) is 0 Å². The van der Waals surface area contributed by atoms with Crippen molar-refractivity contribution < 1.29 is 4.74 Å². The van der Waals surface area contributed by atoms with Crippen LogP contribution in [0.15, 0.2) is 30.3 Å². The molecule has 126 valence electrons. The van der Waals surface area contributed by atoms with Gasteiger partial charge in [0, 0.05) is 31.1 Å². The summed E-state index contributed by atoms with van der Waals surface area (Å²) < 4.78 is 5.46. The lowest BCUT2D eigenvalue weighted by Gasteiger charge is -2.44. The number of nitrogens with zero attached hydrogens (tertiary/aromatic N) is 1. The molecule has 0 atom stereocenters. The quantitative estimate of drug-likeness (QED) is 0.914. The monoisotopic (exact) mass is 346 g/mol. The number of rotatable bonds is 3. The molecular formula is C17H28Cl2N2O. The Morgan fingerprint density at radius 1 is 1.05 bits per heavy atom. The van der Waals surface area contributed by atoms with E-state index in [2.05, 4.69) is 35.2 Å². The first-order valence-electron chi connectivity index (χ1n) is 7.91. The van der Waals surface area contributed by atoms with Crippen molar-refractivity contribution in [1.29, 1.82) is 0 Å². The first-order valence-corrected chi connectivity index (χ1v) is 7.91. The highest BCUT2D eigenvalue weighted by Crippen LogP contribution is 2.40. The normalized spacial score (nSPS) is 29.2. The summed E-state index contributed by atoms with van der Waals surface area (Å²) in [5.74, 6) is 0. The maximum Gasteiger partial charge on any atom is 0.0594 e. The Morgan fingerprint density at radius 2 is 1.64 bits per heavy atom. The van der Waals surface area contributed by atoms with Gasteiger partial charge in [0.2, 0.25) is 0 Å². The van der Waals surface area contributed by atoms with Crippen LogP contribution in [-0.2, 0) is 10.2 Å². The topological polar surface area (TPSA) is 38.5 Å². The van der Waals surface area contributed by atoms with Crippen LogP contribution in [0.3, 0.4) is 0 Å². The number of morpholine rings is 1. The third-order valence-electron chi connectivity index (χ3n) is 5.25. The third-order valence-corrected chi connectivity index (χ3v) is 5.25. The Hall–Kier alpha value is -0.320. The van der Waals surface area contributed by atoms with Crippen molar-refractivity contribution in [2.75, 3.05) is 32.8 Å². The van der Waals surface area contributed by atoms with Crippen LogP contribution >= 0.6 is 24.8 Å². The molecule has 0 unspecified atom stereocenters. The molecule has 1 aliphatic carbocycles. The average molecular weight is 347 g/mol. The van der Waals surface area contributed by atoms with Crippen LogP contribution in [0.5, 0.6) is 0 Å². The van der Waals surface area contributed by atoms with Crippen molar-refractivity contribution in [1.82, 2.24) is 4.90 Å². The molecule has 0 amide bonds. The Labute approximate surface area is 146 Å². The lowest BCUT2D eigenvalue weighted by molar-refractivity contribution is 0.00307. The minimum absolute atomic E-state index is 0. The molecule has 5 heteroatoms. The van der Waals surface area contributed by atoms with Gasteiger partial charge < -0.3 is 10.5 Å². The van der Waals surface area contributed by atoms with E-state index in [1.54, 1.807) is 0 Å². The lowest BCUT2D eigenvalue weighted by atomic mass is 9.68. The molecule has 1 aromatic carbocycles. The van der Waals surface area contributed by atoms with Crippen LogP contribution in [-0.4, -0.2) is 43.8 Å². The molecule has 22 heavy (non-hydrogen) atoms. The van der Waals surface area contributed by atoms with E-state index in [0.717, 1.165) is 38.9 Å². The van der Waals surface area contributed by atoms with Crippen molar-refractivity contribution in [3.8, 4) is 0 Å². The number of halogens is 2. The zero-order chi connectivity index (χ0) is 13.8. The molecule has 2 fully saturated rings. The van der Waals surface area contributed by atoms with E-state index in [-0.39, 0.29) is 30.2 Å². The molecule has 0 radical (unpaired) electrons. The highest BCUT2D eigenvalue weighted by atomic mass is 35.5. The van der Waals surface area contributed by atoms with Crippen LogP contribution in [0.25, 0.3) is 0 Å². The second-order valence-corrected chi connectivity index (χ2v) is 6.23. The molecule has 3 rings (SSSR count). The van der Waals surface area contributed by atoms with Crippen LogP contribution in [0, 0.1) is 0 Å². The van der Waals surface area contributed by atoms with Crippen LogP contribution in [0.1, 0.15) is 31.2 Å². The van der Waals surface area contributed by atoms with Gasteiger partial charge in [-0.3, -0.25) is 4.90 Å². The molecule has 1 aliphatic heterocycles. The summed E-state index contributed by atoms with van der Waals surface area (Å²) >= 11 is 0. The molecule has 0 aromatic heterocycles. The molecular weight excluding hydrogens is 319 g/mol. The molecule has 1 heterocycles. The first kappa shape index (κ1) is 19.7. The molecule has 2 N–H and O–H groups in total. The van der Waals surface area contributed by atoms with Gasteiger partial charge in [-0.05, 0) is 31.2 Å². The molecule has 3 nitrogen and oxygen atoms in total. The molecule has 0 spiro atoms. The fraction of sp³-hybridized carbons (Fsp3) is 0.647. The zero-order valence-corrected chi connectivity index (χ0v) is 14.7. The van der Waals surface area contributed by atoms with E-state index in [0.29, 0.717) is 0 Å². The van der Waals surface area contributed by atoms with Gasteiger partial charge in [-0.25, -0.2) is 0 Å². The SMILES string of the molecule is Cl.Cl.NC[C@]1(c2ccccc2)CC[C@H](N2CCOCC2)CC1. The summed E-state index contributed by atoms with van der Waals surface area (Å²) in [5, 5.41) is 0. The minimum Gasteiger partial charge on any atom is -0.379 e. The maximum absolute atomic E-state index is 6.16. The minimum atomic E-state index is 0. The Kier molecular flexibility index (Phi) is 8.15. The van der Waals surface area contributed by atoms with Crippen LogP contribution < -0.4 is 5.73 Å². The number of ether oxygens (including phenoxy) is 1. The Bertz CT molecular complexity index is 416. The fourth-order valence-corrected chi connectivity index (χ4v) is 3.87. The Morgan fingerprint density at radius 3 is 2.18 bits per heavy atom. The van der Waals surface area contributed by atoms with Crippen molar-refractivity contribution in [2.24, 2.45) is 5.73 Å². The zero-order valence-electron chi connectivity index (χ0n) is 13.1. The van der Waals surface area contributed by atoms with Gasteiger partial charge in [-0.1, -0.05) is 30.3 Å². The van der Waals surface area contributed by atoms with Gasteiger partial charge in [-0.15, -0.1) is 24.8 Å². The average Bonchev–Trinajstić information content (AvgIpc) is 2.56. The largest absolute Gasteiger partial charge is 0.379 e. The van der Waals surface area contributed by atoms with Gasteiger partial charge in [0.25, 0.3) is 0 Å². The van der Waals surface area contributed by atoms with E-state index in [4.69, 9.17) is 10.5 Å². The highest BCUT2D eigenvalue weighted by molar-refractivity contribution is 5.85. The lowest BCUT2D eigenvalue weighted by Crippen LogP contribution is -2.48. The summed E-state index contributed by atoms with van der Waals surface area (Å²) in [4.78, 5) is 2.62. The van der Waals surface area contributed by atoms with Crippen molar-refractivity contribution >= 4 is 24.8 Å². The third kappa shape index (κ3) is 4.15. The summed E-state index contributed by atoms with van der Waals surface area (Å²) in [6.07, 6.45) is 4.98. The summed E-state index contributed by atoms with van der Waals surface area (Å²) in [6.45, 7) is 4.78. The van der Waals surface area contributed by atoms with Gasteiger partial charge in [0.05, 0.1) is 13.2 Å². The second kappa shape index (κ2) is 9.09.